The maximum Gasteiger partial charge on any atom is 0.338 e. The van der Waals surface area contributed by atoms with E-state index < -0.39 is 33.5 Å². The number of carbonyl (C=O) groups is 2. The highest BCUT2D eigenvalue weighted by Crippen LogP contribution is 2.13. The topological polar surface area (TPSA) is 102 Å². The first-order valence-corrected chi connectivity index (χ1v) is 9.07. The summed E-state index contributed by atoms with van der Waals surface area (Å²) in [6.45, 7) is 8.79. The maximum atomic E-state index is 12.1. The van der Waals surface area contributed by atoms with Crippen molar-refractivity contribution in [2.24, 2.45) is 0 Å². The van der Waals surface area contributed by atoms with E-state index in [0.717, 1.165) is 0 Å². The maximum absolute atomic E-state index is 12.1. The molecule has 7 nitrogen and oxygen atoms in total. The standard InChI is InChI=1S/C16H24N2O5S/c1-6-17-24(21,22)13-9-7-8-12(10-13)15(20)23-11(2)14(19)18-16(3,4)5/h7-11,17H,6H2,1-5H3,(H,18,19)/t11-/m1/s1. The minimum Gasteiger partial charge on any atom is -0.449 e. The van der Waals surface area contributed by atoms with Gasteiger partial charge < -0.3 is 10.1 Å². The highest BCUT2D eigenvalue weighted by molar-refractivity contribution is 7.89. The van der Waals surface area contributed by atoms with Crippen LogP contribution in [0.15, 0.2) is 29.2 Å². The van der Waals surface area contributed by atoms with E-state index in [1.807, 2.05) is 20.8 Å². The van der Waals surface area contributed by atoms with Gasteiger partial charge in [0.2, 0.25) is 10.0 Å². The zero-order valence-corrected chi connectivity index (χ0v) is 15.4. The van der Waals surface area contributed by atoms with Gasteiger partial charge in [0.25, 0.3) is 5.91 Å². The molecule has 0 spiro atoms. The molecule has 1 rings (SSSR count). The Morgan fingerprint density at radius 3 is 2.42 bits per heavy atom. The number of ether oxygens (including phenoxy) is 1. The van der Waals surface area contributed by atoms with Crippen LogP contribution in [-0.2, 0) is 19.6 Å². The van der Waals surface area contributed by atoms with Gasteiger partial charge in [-0.2, -0.15) is 0 Å². The SMILES string of the molecule is CCNS(=O)(=O)c1cccc(C(=O)O[C@H](C)C(=O)NC(C)(C)C)c1. The second-order valence-electron chi connectivity index (χ2n) is 6.32. The van der Waals surface area contributed by atoms with Crippen molar-refractivity contribution in [3.63, 3.8) is 0 Å². The van der Waals surface area contributed by atoms with Gasteiger partial charge in [0.1, 0.15) is 0 Å². The van der Waals surface area contributed by atoms with Crippen molar-refractivity contribution in [1.82, 2.24) is 10.0 Å². The van der Waals surface area contributed by atoms with E-state index in [0.29, 0.717) is 0 Å². The van der Waals surface area contributed by atoms with Crippen LogP contribution in [0.3, 0.4) is 0 Å². The summed E-state index contributed by atoms with van der Waals surface area (Å²) < 4.78 is 31.4. The molecule has 24 heavy (non-hydrogen) atoms. The van der Waals surface area contributed by atoms with Crippen LogP contribution < -0.4 is 10.0 Å². The van der Waals surface area contributed by atoms with Gasteiger partial charge in [0, 0.05) is 12.1 Å². The van der Waals surface area contributed by atoms with Crippen molar-refractivity contribution in [2.75, 3.05) is 6.54 Å². The summed E-state index contributed by atoms with van der Waals surface area (Å²) in [5.41, 5.74) is -0.387. The molecule has 1 atom stereocenters. The van der Waals surface area contributed by atoms with Crippen molar-refractivity contribution < 1.29 is 22.7 Å². The third-order valence-electron chi connectivity index (χ3n) is 2.87. The van der Waals surface area contributed by atoms with Crippen LogP contribution in [0, 0.1) is 0 Å². The summed E-state index contributed by atoms with van der Waals surface area (Å²) in [7, 11) is -3.67. The van der Waals surface area contributed by atoms with E-state index in [4.69, 9.17) is 4.74 Å². The minimum atomic E-state index is -3.67. The molecule has 2 N–H and O–H groups in total. The van der Waals surface area contributed by atoms with Gasteiger partial charge in [0.15, 0.2) is 6.10 Å². The van der Waals surface area contributed by atoms with E-state index in [9.17, 15) is 18.0 Å². The summed E-state index contributed by atoms with van der Waals surface area (Å²) in [5.74, 6) is -1.19. The summed E-state index contributed by atoms with van der Waals surface area (Å²) >= 11 is 0. The Labute approximate surface area is 142 Å². The Hall–Kier alpha value is -1.93. The van der Waals surface area contributed by atoms with Crippen molar-refractivity contribution in [3.05, 3.63) is 29.8 Å². The number of esters is 1. The third-order valence-corrected chi connectivity index (χ3v) is 4.41. The Morgan fingerprint density at radius 1 is 1.25 bits per heavy atom. The third kappa shape index (κ3) is 5.93. The molecular weight excluding hydrogens is 332 g/mol. The predicted octanol–water partition coefficient (Wildman–Crippen LogP) is 1.44. The number of hydrogen-bond acceptors (Lipinski definition) is 5. The van der Waals surface area contributed by atoms with E-state index in [2.05, 4.69) is 10.0 Å². The summed E-state index contributed by atoms with van der Waals surface area (Å²) in [4.78, 5) is 24.1. The summed E-state index contributed by atoms with van der Waals surface area (Å²) in [6.07, 6.45) is -0.995. The molecule has 0 aliphatic heterocycles. The van der Waals surface area contributed by atoms with Crippen LogP contribution in [-0.4, -0.2) is 38.5 Å². The fourth-order valence-corrected chi connectivity index (χ4v) is 2.90. The predicted molar refractivity (Wildman–Crippen MR) is 90.1 cm³/mol. The van der Waals surface area contributed by atoms with E-state index in [1.165, 1.54) is 31.2 Å². The summed E-state index contributed by atoms with van der Waals surface area (Å²) in [5, 5.41) is 2.71. The fraction of sp³-hybridized carbons (Fsp3) is 0.500. The molecule has 0 saturated carbocycles. The largest absolute Gasteiger partial charge is 0.449 e. The molecule has 0 bridgehead atoms. The van der Waals surface area contributed by atoms with Crippen LogP contribution >= 0.6 is 0 Å². The lowest BCUT2D eigenvalue weighted by Gasteiger charge is -2.23. The van der Waals surface area contributed by atoms with Crippen molar-refractivity contribution in [1.29, 1.82) is 0 Å². The average molecular weight is 356 g/mol. The molecule has 0 heterocycles. The Bertz CT molecular complexity index is 707. The molecule has 8 heteroatoms. The number of benzene rings is 1. The molecule has 0 fully saturated rings. The van der Waals surface area contributed by atoms with E-state index in [1.54, 1.807) is 6.92 Å². The van der Waals surface area contributed by atoms with Crippen LogP contribution in [0.25, 0.3) is 0 Å². The summed E-state index contributed by atoms with van der Waals surface area (Å²) in [6, 6.07) is 5.47. The number of nitrogens with one attached hydrogen (secondary N) is 2. The Kier molecular flexibility index (Phi) is 6.50. The molecule has 0 unspecified atom stereocenters. The number of hydrogen-bond donors (Lipinski definition) is 2. The lowest BCUT2D eigenvalue weighted by Crippen LogP contribution is -2.46. The molecule has 0 aliphatic rings. The molecule has 0 saturated heterocycles. The van der Waals surface area contributed by atoms with Crippen LogP contribution in [0.4, 0.5) is 0 Å². The van der Waals surface area contributed by atoms with Gasteiger partial charge in [-0.1, -0.05) is 13.0 Å². The van der Waals surface area contributed by atoms with Crippen LogP contribution in [0.2, 0.25) is 0 Å². The first kappa shape index (κ1) is 20.1. The monoisotopic (exact) mass is 356 g/mol. The first-order valence-electron chi connectivity index (χ1n) is 7.59. The lowest BCUT2D eigenvalue weighted by molar-refractivity contribution is -0.130. The molecule has 0 aromatic heterocycles. The van der Waals surface area contributed by atoms with Crippen molar-refractivity contribution in [3.8, 4) is 0 Å². The second kappa shape index (κ2) is 7.76. The molecule has 1 aromatic rings. The molecule has 0 aliphatic carbocycles. The van der Waals surface area contributed by atoms with Gasteiger partial charge in [-0.3, -0.25) is 4.79 Å². The van der Waals surface area contributed by atoms with Gasteiger partial charge in [0.05, 0.1) is 10.5 Å². The highest BCUT2D eigenvalue weighted by Gasteiger charge is 2.23. The van der Waals surface area contributed by atoms with Gasteiger partial charge in [-0.25, -0.2) is 17.9 Å². The zero-order chi connectivity index (χ0) is 18.5. The van der Waals surface area contributed by atoms with E-state index >= 15 is 0 Å². The Balaban J connectivity index is 2.88. The first-order chi connectivity index (χ1) is 11.0. The van der Waals surface area contributed by atoms with Gasteiger partial charge >= 0.3 is 5.97 Å². The molecule has 134 valence electrons. The molecule has 0 radical (unpaired) electrons. The average Bonchev–Trinajstić information content (AvgIpc) is 2.45. The molecule has 1 aromatic carbocycles. The van der Waals surface area contributed by atoms with E-state index in [-0.39, 0.29) is 17.0 Å². The Morgan fingerprint density at radius 2 is 1.88 bits per heavy atom. The van der Waals surface area contributed by atoms with Gasteiger partial charge in [-0.15, -0.1) is 0 Å². The normalized spacial score (nSPS) is 13.2. The fourth-order valence-electron chi connectivity index (χ4n) is 1.82. The number of rotatable bonds is 6. The van der Waals surface area contributed by atoms with Crippen LogP contribution in [0.1, 0.15) is 45.0 Å². The highest BCUT2D eigenvalue weighted by atomic mass is 32.2. The molecule has 1 amide bonds. The van der Waals surface area contributed by atoms with Crippen molar-refractivity contribution >= 4 is 21.9 Å². The smallest absolute Gasteiger partial charge is 0.338 e. The lowest BCUT2D eigenvalue weighted by atomic mass is 10.1. The minimum absolute atomic E-state index is 0.0365. The second-order valence-corrected chi connectivity index (χ2v) is 8.08. The van der Waals surface area contributed by atoms with Crippen LogP contribution in [0.5, 0.6) is 0 Å². The number of carbonyl (C=O) groups excluding carboxylic acids is 2. The number of sulfonamides is 1. The zero-order valence-electron chi connectivity index (χ0n) is 14.5. The molecular formula is C16H24N2O5S. The quantitative estimate of drug-likeness (QED) is 0.751. The number of amides is 1. The van der Waals surface area contributed by atoms with Crippen molar-refractivity contribution in [2.45, 2.75) is 51.2 Å². The van der Waals surface area contributed by atoms with Gasteiger partial charge in [-0.05, 0) is 45.9 Å².